The van der Waals surface area contributed by atoms with Crippen molar-refractivity contribution in [1.29, 1.82) is 0 Å². The summed E-state index contributed by atoms with van der Waals surface area (Å²) in [5.74, 6) is -2.37. The molecule has 1 aromatic rings. The first-order valence-corrected chi connectivity index (χ1v) is 8.26. The maximum Gasteiger partial charge on any atom is 0.163 e. The highest BCUT2D eigenvalue weighted by Crippen LogP contribution is 2.40. The Morgan fingerprint density at radius 2 is 1.58 bits per heavy atom. The minimum absolute atomic E-state index is 0. The molecule has 2 nitrogen and oxygen atoms in total. The quantitative estimate of drug-likeness (QED) is 0.773. The molecule has 2 fully saturated rings. The van der Waals surface area contributed by atoms with E-state index in [-0.39, 0.29) is 42.3 Å². The molecule has 0 radical (unpaired) electrons. The molecule has 0 unspecified atom stereocenters. The van der Waals surface area contributed by atoms with E-state index >= 15 is 0 Å². The summed E-state index contributed by atoms with van der Waals surface area (Å²) in [5, 5.41) is 3.28. The average Bonchev–Trinajstić information content (AvgIpc) is 2.54. The standard InChI is InChI=1S/C17H23F3N2.2ClH/c18-13-10-14(16(20)15(19)11-13)17(12-4-2-1-3-5-12)22-8-6-21-7-9-22;;/h10-12,17,21H,1-9H2;2*1H/t17-;;/m1../s1. The number of nitrogens with zero attached hydrogens (tertiary/aromatic N) is 1. The van der Waals surface area contributed by atoms with Gasteiger partial charge in [0.05, 0.1) is 0 Å². The molecule has 1 aliphatic carbocycles. The fourth-order valence-corrected chi connectivity index (χ4v) is 3.95. The third kappa shape index (κ3) is 4.78. The molecular weight excluding hydrogens is 360 g/mol. The van der Waals surface area contributed by atoms with Gasteiger partial charge in [-0.2, -0.15) is 0 Å². The normalized spacial score (nSPS) is 20.8. The largest absolute Gasteiger partial charge is 0.314 e. The molecule has 1 aromatic carbocycles. The van der Waals surface area contributed by atoms with E-state index in [2.05, 4.69) is 10.2 Å². The van der Waals surface area contributed by atoms with Crippen LogP contribution in [0, 0.1) is 23.4 Å². The zero-order chi connectivity index (χ0) is 15.5. The van der Waals surface area contributed by atoms with Crippen LogP contribution in [0.3, 0.4) is 0 Å². The molecule has 0 amide bonds. The zero-order valence-electron chi connectivity index (χ0n) is 13.6. The molecule has 0 spiro atoms. The van der Waals surface area contributed by atoms with Gasteiger partial charge >= 0.3 is 0 Å². The van der Waals surface area contributed by atoms with Crippen LogP contribution < -0.4 is 5.32 Å². The monoisotopic (exact) mass is 384 g/mol. The second kappa shape index (κ2) is 9.85. The fraction of sp³-hybridized carbons (Fsp3) is 0.647. The van der Waals surface area contributed by atoms with Crippen LogP contribution in [0.25, 0.3) is 0 Å². The second-order valence-electron chi connectivity index (χ2n) is 6.42. The zero-order valence-corrected chi connectivity index (χ0v) is 15.2. The highest BCUT2D eigenvalue weighted by Gasteiger charge is 2.33. The maximum atomic E-state index is 14.4. The van der Waals surface area contributed by atoms with E-state index in [1.807, 2.05) is 0 Å². The van der Waals surface area contributed by atoms with Crippen molar-refractivity contribution in [2.75, 3.05) is 26.2 Å². The van der Waals surface area contributed by atoms with Crippen LogP contribution >= 0.6 is 24.8 Å². The first-order valence-electron chi connectivity index (χ1n) is 8.26. The van der Waals surface area contributed by atoms with Crippen molar-refractivity contribution in [3.63, 3.8) is 0 Å². The lowest BCUT2D eigenvalue weighted by atomic mass is 9.80. The van der Waals surface area contributed by atoms with Crippen molar-refractivity contribution in [2.45, 2.75) is 38.1 Å². The van der Waals surface area contributed by atoms with Crippen molar-refractivity contribution in [1.82, 2.24) is 10.2 Å². The minimum atomic E-state index is -1.08. The van der Waals surface area contributed by atoms with Gasteiger partial charge in [0.1, 0.15) is 5.82 Å². The van der Waals surface area contributed by atoms with E-state index in [9.17, 15) is 13.2 Å². The van der Waals surface area contributed by atoms with E-state index < -0.39 is 17.5 Å². The van der Waals surface area contributed by atoms with Crippen LogP contribution in [0.5, 0.6) is 0 Å². The number of nitrogens with one attached hydrogen (secondary N) is 1. The molecule has 1 aliphatic heterocycles. The van der Waals surface area contributed by atoms with Crippen LogP contribution in [-0.4, -0.2) is 31.1 Å². The topological polar surface area (TPSA) is 15.3 Å². The molecule has 3 rings (SSSR count). The Morgan fingerprint density at radius 3 is 2.21 bits per heavy atom. The Hall–Kier alpha value is -0.490. The summed E-state index contributed by atoms with van der Waals surface area (Å²) < 4.78 is 41.7. The van der Waals surface area contributed by atoms with Crippen LogP contribution in [0.1, 0.15) is 43.7 Å². The Balaban J connectivity index is 0.00000144. The summed E-state index contributed by atoms with van der Waals surface area (Å²) in [6.45, 7) is 3.25. The Labute approximate surface area is 154 Å². The summed E-state index contributed by atoms with van der Waals surface area (Å²) in [4.78, 5) is 2.20. The van der Waals surface area contributed by atoms with E-state index in [0.29, 0.717) is 6.07 Å². The molecule has 1 saturated heterocycles. The highest BCUT2D eigenvalue weighted by atomic mass is 35.5. The van der Waals surface area contributed by atoms with Gasteiger partial charge in [0.2, 0.25) is 0 Å². The smallest absolute Gasteiger partial charge is 0.163 e. The number of rotatable bonds is 3. The van der Waals surface area contributed by atoms with Crippen molar-refractivity contribution in [3.8, 4) is 0 Å². The van der Waals surface area contributed by atoms with Crippen LogP contribution in [-0.2, 0) is 0 Å². The SMILES string of the molecule is Cl.Cl.Fc1cc(F)c(F)c([C@@H](C2CCCCC2)N2CCNCC2)c1. The van der Waals surface area contributed by atoms with Gasteiger partial charge in [0.15, 0.2) is 11.6 Å². The third-order valence-corrected chi connectivity index (χ3v) is 4.98. The first-order chi connectivity index (χ1) is 10.7. The van der Waals surface area contributed by atoms with E-state index in [1.54, 1.807) is 0 Å². The molecule has 1 saturated carbocycles. The molecule has 138 valence electrons. The average molecular weight is 385 g/mol. The summed E-state index contributed by atoms with van der Waals surface area (Å²) in [6, 6.07) is 1.61. The third-order valence-electron chi connectivity index (χ3n) is 4.98. The highest BCUT2D eigenvalue weighted by molar-refractivity contribution is 5.85. The van der Waals surface area contributed by atoms with Crippen LogP contribution in [0.4, 0.5) is 13.2 Å². The summed E-state index contributed by atoms with van der Waals surface area (Å²) in [5.41, 5.74) is 0.200. The van der Waals surface area contributed by atoms with Gasteiger partial charge in [-0.3, -0.25) is 4.90 Å². The molecule has 2 aliphatic rings. The number of benzene rings is 1. The van der Waals surface area contributed by atoms with Gasteiger partial charge in [-0.1, -0.05) is 19.3 Å². The predicted octanol–water partition coefficient (Wildman–Crippen LogP) is 4.47. The van der Waals surface area contributed by atoms with Crippen molar-refractivity contribution in [2.24, 2.45) is 5.92 Å². The van der Waals surface area contributed by atoms with Gasteiger partial charge in [-0.15, -0.1) is 24.8 Å². The maximum absolute atomic E-state index is 14.4. The second-order valence-corrected chi connectivity index (χ2v) is 6.42. The molecule has 0 bridgehead atoms. The Bertz CT molecular complexity index is 501. The van der Waals surface area contributed by atoms with Crippen molar-refractivity contribution < 1.29 is 13.2 Å². The van der Waals surface area contributed by atoms with Crippen molar-refractivity contribution >= 4 is 24.8 Å². The molecule has 7 heteroatoms. The lowest BCUT2D eigenvalue weighted by Crippen LogP contribution is -2.47. The molecular formula is C17H25Cl2F3N2. The Kier molecular flexibility index (Phi) is 8.85. The molecule has 24 heavy (non-hydrogen) atoms. The number of hydrogen-bond donors (Lipinski definition) is 1. The lowest BCUT2D eigenvalue weighted by Gasteiger charge is -2.41. The molecule has 1 N–H and O–H groups in total. The molecule has 1 atom stereocenters. The minimum Gasteiger partial charge on any atom is -0.314 e. The van der Waals surface area contributed by atoms with Crippen molar-refractivity contribution in [3.05, 3.63) is 35.1 Å². The summed E-state index contributed by atoms with van der Waals surface area (Å²) in [7, 11) is 0. The number of hydrogen-bond acceptors (Lipinski definition) is 2. The van der Waals surface area contributed by atoms with Crippen LogP contribution in [0.15, 0.2) is 12.1 Å². The summed E-state index contributed by atoms with van der Waals surface area (Å²) in [6.07, 6.45) is 5.45. The number of halogens is 5. The van der Waals surface area contributed by atoms with Crippen LogP contribution in [0.2, 0.25) is 0 Å². The van der Waals surface area contributed by atoms with Gasteiger partial charge < -0.3 is 5.32 Å². The van der Waals surface area contributed by atoms with Gasteiger partial charge in [-0.25, -0.2) is 13.2 Å². The predicted molar refractivity (Wildman–Crippen MR) is 94.6 cm³/mol. The molecule has 0 aromatic heterocycles. The van der Waals surface area contributed by atoms with E-state index in [4.69, 9.17) is 0 Å². The van der Waals surface area contributed by atoms with Gasteiger partial charge in [0.25, 0.3) is 0 Å². The Morgan fingerprint density at radius 1 is 0.958 bits per heavy atom. The van der Waals surface area contributed by atoms with E-state index in [1.165, 1.54) is 12.5 Å². The number of piperazine rings is 1. The van der Waals surface area contributed by atoms with E-state index in [0.717, 1.165) is 51.9 Å². The van der Waals surface area contributed by atoms with Gasteiger partial charge in [-0.05, 0) is 24.8 Å². The molecule has 1 heterocycles. The van der Waals surface area contributed by atoms with Gasteiger partial charge in [0, 0.05) is 43.9 Å². The summed E-state index contributed by atoms with van der Waals surface area (Å²) >= 11 is 0. The fourth-order valence-electron chi connectivity index (χ4n) is 3.95. The first kappa shape index (κ1) is 21.6. The lowest BCUT2D eigenvalue weighted by molar-refractivity contribution is 0.0997.